The minimum atomic E-state index is -0.310. The number of urea groups is 1. The molecule has 3 aliphatic rings. The van der Waals surface area contributed by atoms with Crippen molar-refractivity contribution < 1.29 is 23.5 Å². The lowest BCUT2D eigenvalue weighted by molar-refractivity contribution is -0.137. The molecule has 2 atom stereocenters. The average Bonchev–Trinajstić information content (AvgIpc) is 3.85. The van der Waals surface area contributed by atoms with Crippen LogP contribution < -0.4 is 20.3 Å². The fourth-order valence-corrected chi connectivity index (χ4v) is 6.54. The molecule has 10 heteroatoms. The zero-order valence-corrected chi connectivity index (χ0v) is 25.2. The smallest absolute Gasteiger partial charge is 0.323 e. The monoisotopic (exact) mass is 599 g/mol. The Hall–Kier alpha value is -4.47. The van der Waals surface area contributed by atoms with E-state index in [9.17, 15) is 14.4 Å². The van der Waals surface area contributed by atoms with Gasteiger partial charge in [-0.1, -0.05) is 0 Å². The van der Waals surface area contributed by atoms with Gasteiger partial charge in [-0.3, -0.25) is 9.59 Å². The standard InChI is InChI=1S/C34H41N5O5/c1-37(32(40)24-6-4-19-39(22-24)33(41)31-9-5-21-43-31)28-18-20-38(23-28)27-14-10-25(11-15-27)35-34(42)36-26-12-16-30(17-13-26)44-29-7-2-3-8-29/h5,9-17,21,24,28-29H,2-4,6-8,18-20,22-23H2,1H3,(H2,35,36,42). The summed E-state index contributed by atoms with van der Waals surface area (Å²) in [5, 5.41) is 5.77. The Morgan fingerprint density at radius 1 is 0.841 bits per heavy atom. The first kappa shape index (κ1) is 29.6. The summed E-state index contributed by atoms with van der Waals surface area (Å²) in [6.07, 6.45) is 8.90. The number of hydrogen-bond donors (Lipinski definition) is 2. The third kappa shape index (κ3) is 7.01. The summed E-state index contributed by atoms with van der Waals surface area (Å²) in [6.45, 7) is 2.63. The van der Waals surface area contributed by atoms with E-state index in [4.69, 9.17) is 9.15 Å². The van der Waals surface area contributed by atoms with E-state index in [2.05, 4.69) is 15.5 Å². The van der Waals surface area contributed by atoms with Gasteiger partial charge in [0.15, 0.2) is 5.76 Å². The third-order valence-corrected chi connectivity index (χ3v) is 9.06. The third-order valence-electron chi connectivity index (χ3n) is 9.06. The molecular formula is C34H41N5O5. The molecule has 232 valence electrons. The summed E-state index contributed by atoms with van der Waals surface area (Å²) in [7, 11) is 1.88. The molecule has 44 heavy (non-hydrogen) atoms. The fraction of sp³-hybridized carbons (Fsp3) is 0.441. The Balaban J connectivity index is 0.966. The van der Waals surface area contributed by atoms with Gasteiger partial charge in [0, 0.05) is 50.3 Å². The highest BCUT2D eigenvalue weighted by molar-refractivity contribution is 5.99. The van der Waals surface area contributed by atoms with Gasteiger partial charge in [-0.05, 0) is 106 Å². The number of nitrogens with zero attached hydrogens (tertiary/aromatic N) is 3. The van der Waals surface area contributed by atoms with Crippen molar-refractivity contribution in [2.45, 2.75) is 57.1 Å². The highest BCUT2D eigenvalue weighted by atomic mass is 16.5. The Kier molecular flexibility index (Phi) is 9.04. The van der Waals surface area contributed by atoms with E-state index < -0.39 is 0 Å². The number of carbonyl (C=O) groups excluding carboxylic acids is 3. The van der Waals surface area contributed by atoms with E-state index in [1.807, 2.05) is 60.5 Å². The molecule has 2 N–H and O–H groups in total. The number of furan rings is 1. The molecule has 2 aromatic carbocycles. The van der Waals surface area contributed by atoms with E-state index in [1.54, 1.807) is 17.0 Å². The fourth-order valence-electron chi connectivity index (χ4n) is 6.54. The van der Waals surface area contributed by atoms with E-state index in [0.29, 0.717) is 36.3 Å². The number of hydrogen-bond acceptors (Lipinski definition) is 6. The van der Waals surface area contributed by atoms with Crippen molar-refractivity contribution in [1.82, 2.24) is 9.80 Å². The van der Waals surface area contributed by atoms with Crippen LogP contribution in [0.15, 0.2) is 71.3 Å². The number of amides is 4. The van der Waals surface area contributed by atoms with Crippen LogP contribution in [0.1, 0.15) is 55.5 Å². The van der Waals surface area contributed by atoms with Gasteiger partial charge in [-0.25, -0.2) is 4.79 Å². The van der Waals surface area contributed by atoms with Crippen LogP contribution in [0, 0.1) is 5.92 Å². The number of rotatable bonds is 8. The van der Waals surface area contributed by atoms with Crippen molar-refractivity contribution >= 4 is 34.9 Å². The molecule has 2 unspecified atom stereocenters. The lowest BCUT2D eigenvalue weighted by Crippen LogP contribution is -2.48. The van der Waals surface area contributed by atoms with Gasteiger partial charge in [-0.15, -0.1) is 0 Å². The first-order chi connectivity index (χ1) is 21.4. The Labute approximate surface area is 258 Å². The van der Waals surface area contributed by atoms with Crippen LogP contribution in [0.4, 0.5) is 21.9 Å². The predicted octanol–water partition coefficient (Wildman–Crippen LogP) is 5.83. The number of likely N-dealkylation sites (N-methyl/N-ethyl adjacent to an activating group) is 1. The molecule has 0 spiro atoms. The molecule has 10 nitrogen and oxygen atoms in total. The van der Waals surface area contributed by atoms with Gasteiger partial charge in [0.2, 0.25) is 5.91 Å². The highest BCUT2D eigenvalue weighted by Gasteiger charge is 2.35. The van der Waals surface area contributed by atoms with Crippen LogP contribution in [-0.4, -0.2) is 73.0 Å². The predicted molar refractivity (Wildman–Crippen MR) is 169 cm³/mol. The van der Waals surface area contributed by atoms with Crippen molar-refractivity contribution in [3.05, 3.63) is 72.7 Å². The second-order valence-electron chi connectivity index (χ2n) is 12.1. The SMILES string of the molecule is CN(C(=O)C1CCCN(C(=O)c2ccco2)C1)C1CCN(c2ccc(NC(=O)Nc3ccc(OC4CCCC4)cc3)cc2)C1. The lowest BCUT2D eigenvalue weighted by Gasteiger charge is -2.35. The molecule has 1 saturated carbocycles. The van der Waals surface area contributed by atoms with E-state index in [0.717, 1.165) is 56.6 Å². The summed E-state index contributed by atoms with van der Waals surface area (Å²) >= 11 is 0. The number of piperidine rings is 1. The van der Waals surface area contributed by atoms with E-state index in [1.165, 1.54) is 19.1 Å². The number of benzene rings is 2. The minimum Gasteiger partial charge on any atom is -0.490 e. The number of nitrogens with one attached hydrogen (secondary N) is 2. The molecule has 0 bridgehead atoms. The molecule has 1 aliphatic carbocycles. The van der Waals surface area contributed by atoms with Gasteiger partial charge in [0.25, 0.3) is 5.91 Å². The quantitative estimate of drug-likeness (QED) is 0.337. The summed E-state index contributed by atoms with van der Waals surface area (Å²) in [4.78, 5) is 44.7. The number of anilines is 3. The Bertz CT molecular complexity index is 1420. The first-order valence-corrected chi connectivity index (χ1v) is 15.7. The van der Waals surface area contributed by atoms with Gasteiger partial charge in [0.1, 0.15) is 5.75 Å². The number of likely N-dealkylation sites (tertiary alicyclic amines) is 1. The van der Waals surface area contributed by atoms with Crippen molar-refractivity contribution in [2.24, 2.45) is 5.92 Å². The van der Waals surface area contributed by atoms with Crippen LogP contribution in [0.3, 0.4) is 0 Å². The second-order valence-corrected chi connectivity index (χ2v) is 12.1. The first-order valence-electron chi connectivity index (χ1n) is 15.7. The molecule has 3 aromatic rings. The van der Waals surface area contributed by atoms with Crippen LogP contribution in [0.25, 0.3) is 0 Å². The summed E-state index contributed by atoms with van der Waals surface area (Å²) in [5.41, 5.74) is 2.44. The largest absolute Gasteiger partial charge is 0.490 e. The number of carbonyl (C=O) groups is 3. The maximum Gasteiger partial charge on any atom is 0.323 e. The second kappa shape index (κ2) is 13.4. The van der Waals surface area contributed by atoms with E-state index in [-0.39, 0.29) is 29.8 Å². The summed E-state index contributed by atoms with van der Waals surface area (Å²) in [6, 6.07) is 18.4. The maximum absolute atomic E-state index is 13.4. The highest BCUT2D eigenvalue weighted by Crippen LogP contribution is 2.28. The Morgan fingerprint density at radius 3 is 2.23 bits per heavy atom. The normalized spacial score (nSPS) is 20.4. The van der Waals surface area contributed by atoms with Gasteiger partial charge >= 0.3 is 6.03 Å². The van der Waals surface area contributed by atoms with Crippen molar-refractivity contribution in [1.29, 1.82) is 0 Å². The summed E-state index contributed by atoms with van der Waals surface area (Å²) in [5.74, 6) is 0.874. The van der Waals surface area contributed by atoms with E-state index >= 15 is 0 Å². The number of ether oxygens (including phenoxy) is 1. The Morgan fingerprint density at radius 2 is 1.55 bits per heavy atom. The minimum absolute atomic E-state index is 0.0929. The lowest BCUT2D eigenvalue weighted by atomic mass is 9.95. The van der Waals surface area contributed by atoms with Crippen LogP contribution in [0.5, 0.6) is 5.75 Å². The van der Waals surface area contributed by atoms with Crippen molar-refractivity contribution in [3.8, 4) is 5.75 Å². The van der Waals surface area contributed by atoms with Gasteiger partial charge < -0.3 is 34.5 Å². The molecule has 2 saturated heterocycles. The molecular weight excluding hydrogens is 558 g/mol. The molecule has 6 rings (SSSR count). The topological polar surface area (TPSA) is 107 Å². The molecule has 4 amide bonds. The van der Waals surface area contributed by atoms with Gasteiger partial charge in [0.05, 0.1) is 24.3 Å². The van der Waals surface area contributed by atoms with Gasteiger partial charge in [-0.2, -0.15) is 0 Å². The van der Waals surface area contributed by atoms with Crippen LogP contribution in [0.2, 0.25) is 0 Å². The van der Waals surface area contributed by atoms with Crippen LogP contribution in [-0.2, 0) is 4.79 Å². The maximum atomic E-state index is 13.4. The molecule has 3 heterocycles. The van der Waals surface area contributed by atoms with Crippen molar-refractivity contribution in [2.75, 3.05) is 48.8 Å². The van der Waals surface area contributed by atoms with Crippen molar-refractivity contribution in [3.63, 3.8) is 0 Å². The molecule has 0 radical (unpaired) electrons. The summed E-state index contributed by atoms with van der Waals surface area (Å²) < 4.78 is 11.3. The zero-order chi connectivity index (χ0) is 30.5. The molecule has 1 aromatic heterocycles. The zero-order valence-electron chi connectivity index (χ0n) is 25.2. The molecule has 2 aliphatic heterocycles. The molecule has 3 fully saturated rings. The average molecular weight is 600 g/mol. The van der Waals surface area contributed by atoms with Crippen LogP contribution >= 0.6 is 0 Å².